The Hall–Kier alpha value is -0.610. The summed E-state index contributed by atoms with van der Waals surface area (Å²) in [5.41, 5.74) is 0.302. The molecule has 0 spiro atoms. The third-order valence-corrected chi connectivity index (χ3v) is 4.43. The minimum Gasteiger partial charge on any atom is -0.469 e. The quantitative estimate of drug-likeness (QED) is 0.764. The van der Waals surface area contributed by atoms with Crippen LogP contribution in [0.1, 0.15) is 46.5 Å². The van der Waals surface area contributed by atoms with Crippen molar-refractivity contribution in [1.29, 1.82) is 0 Å². The summed E-state index contributed by atoms with van der Waals surface area (Å²) in [7, 11) is 1.49. The molecule has 2 unspecified atom stereocenters. The molecule has 0 aromatic carbocycles. The summed E-state index contributed by atoms with van der Waals surface area (Å²) in [6, 6.07) is 0.506. The average molecular weight is 296 g/mol. The minimum absolute atomic E-state index is 0.0668. The van der Waals surface area contributed by atoms with Crippen LogP contribution in [0.15, 0.2) is 0 Å². The number of esters is 1. The van der Waals surface area contributed by atoms with Crippen LogP contribution in [0.25, 0.3) is 0 Å². The Bertz CT molecular complexity index is 347. The van der Waals surface area contributed by atoms with Gasteiger partial charge >= 0.3 is 5.97 Å². The van der Waals surface area contributed by atoms with Gasteiger partial charge in [-0.05, 0) is 36.5 Å². The van der Waals surface area contributed by atoms with Gasteiger partial charge in [-0.15, -0.1) is 0 Å². The maximum Gasteiger partial charge on any atom is 0.305 e. The first-order valence-corrected chi connectivity index (χ1v) is 8.38. The van der Waals surface area contributed by atoms with Crippen molar-refractivity contribution in [3.05, 3.63) is 0 Å². The molecule has 21 heavy (non-hydrogen) atoms. The molecule has 4 heteroatoms. The lowest BCUT2D eigenvalue weighted by atomic mass is 9.90. The van der Waals surface area contributed by atoms with Gasteiger partial charge in [0.1, 0.15) is 0 Å². The number of ether oxygens (including phenoxy) is 1. The van der Waals surface area contributed by atoms with Gasteiger partial charge in [-0.2, -0.15) is 0 Å². The zero-order chi connectivity index (χ0) is 15.5. The van der Waals surface area contributed by atoms with Gasteiger partial charge in [0, 0.05) is 38.6 Å². The molecule has 2 fully saturated rings. The molecule has 4 nitrogen and oxygen atoms in total. The van der Waals surface area contributed by atoms with Gasteiger partial charge in [-0.25, -0.2) is 0 Å². The highest BCUT2D eigenvalue weighted by Gasteiger charge is 2.32. The first-order valence-electron chi connectivity index (χ1n) is 8.38. The van der Waals surface area contributed by atoms with E-state index in [0.29, 0.717) is 23.8 Å². The van der Waals surface area contributed by atoms with E-state index in [1.165, 1.54) is 26.5 Å². The Labute approximate surface area is 129 Å². The third-order valence-electron chi connectivity index (χ3n) is 4.43. The zero-order valence-electron chi connectivity index (χ0n) is 14.2. The van der Waals surface area contributed by atoms with E-state index in [2.05, 4.69) is 31.0 Å². The largest absolute Gasteiger partial charge is 0.469 e. The van der Waals surface area contributed by atoms with E-state index in [4.69, 9.17) is 4.74 Å². The van der Waals surface area contributed by atoms with Gasteiger partial charge in [0.15, 0.2) is 0 Å². The number of rotatable bonds is 6. The molecule has 122 valence electrons. The van der Waals surface area contributed by atoms with E-state index in [1.807, 2.05) is 0 Å². The standard InChI is InChI=1S/C17H32N2O2/c1-17(2,3)12-18-15-7-14(8-16(20)21-4)10-19(11-15)9-13-5-6-13/h13-15,18H,5-12H2,1-4H3. The Morgan fingerprint density at radius 1 is 1.24 bits per heavy atom. The van der Waals surface area contributed by atoms with Crippen molar-refractivity contribution in [1.82, 2.24) is 10.2 Å². The summed E-state index contributed by atoms with van der Waals surface area (Å²) in [5, 5.41) is 3.71. The highest BCUT2D eigenvalue weighted by molar-refractivity contribution is 5.69. The lowest BCUT2D eigenvalue weighted by Gasteiger charge is -2.39. The van der Waals surface area contributed by atoms with Crippen LogP contribution >= 0.6 is 0 Å². The second-order valence-corrected chi connectivity index (χ2v) is 8.18. The molecule has 0 radical (unpaired) electrons. The van der Waals surface area contributed by atoms with Crippen LogP contribution in [-0.2, 0) is 9.53 Å². The molecule has 1 heterocycles. The molecule has 0 bridgehead atoms. The maximum atomic E-state index is 11.6. The van der Waals surface area contributed by atoms with Gasteiger partial charge < -0.3 is 15.0 Å². The molecule has 2 aliphatic rings. The topological polar surface area (TPSA) is 41.6 Å². The van der Waals surface area contributed by atoms with E-state index >= 15 is 0 Å². The monoisotopic (exact) mass is 296 g/mol. The second-order valence-electron chi connectivity index (χ2n) is 8.18. The second kappa shape index (κ2) is 7.10. The molecule has 1 saturated carbocycles. The maximum absolute atomic E-state index is 11.6. The van der Waals surface area contributed by atoms with Crippen LogP contribution in [0.2, 0.25) is 0 Å². The molecular formula is C17H32N2O2. The van der Waals surface area contributed by atoms with Crippen molar-refractivity contribution in [2.45, 2.75) is 52.5 Å². The van der Waals surface area contributed by atoms with Crippen LogP contribution in [0.4, 0.5) is 0 Å². The van der Waals surface area contributed by atoms with Crippen LogP contribution in [0.5, 0.6) is 0 Å². The molecule has 1 aliphatic carbocycles. The van der Waals surface area contributed by atoms with Gasteiger partial charge in [0.2, 0.25) is 0 Å². The normalized spacial score (nSPS) is 27.6. The molecule has 2 rings (SSSR count). The smallest absolute Gasteiger partial charge is 0.305 e. The van der Waals surface area contributed by atoms with E-state index in [0.717, 1.165) is 32.0 Å². The van der Waals surface area contributed by atoms with Crippen molar-refractivity contribution in [3.63, 3.8) is 0 Å². The fourth-order valence-electron chi connectivity index (χ4n) is 3.18. The fourth-order valence-corrected chi connectivity index (χ4v) is 3.18. The van der Waals surface area contributed by atoms with Crippen LogP contribution in [-0.4, -0.2) is 50.2 Å². The highest BCUT2D eigenvalue weighted by Crippen LogP contribution is 2.32. The number of nitrogens with one attached hydrogen (secondary N) is 1. The summed E-state index contributed by atoms with van der Waals surface area (Å²) in [6.45, 7) is 11.2. The molecule has 2 atom stereocenters. The summed E-state index contributed by atoms with van der Waals surface area (Å²) in [5.74, 6) is 1.27. The summed E-state index contributed by atoms with van der Waals surface area (Å²) >= 11 is 0. The summed E-state index contributed by atoms with van der Waals surface area (Å²) < 4.78 is 4.85. The highest BCUT2D eigenvalue weighted by atomic mass is 16.5. The molecular weight excluding hydrogens is 264 g/mol. The first kappa shape index (κ1) is 16.8. The number of methoxy groups -OCH3 is 1. The van der Waals surface area contributed by atoms with E-state index in [9.17, 15) is 4.79 Å². The molecule has 0 aromatic heterocycles. The van der Waals surface area contributed by atoms with Crippen LogP contribution in [0, 0.1) is 17.3 Å². The molecule has 1 N–H and O–H groups in total. The van der Waals surface area contributed by atoms with Crippen LogP contribution in [0.3, 0.4) is 0 Å². The Morgan fingerprint density at radius 2 is 1.95 bits per heavy atom. The van der Waals surface area contributed by atoms with Crippen molar-refractivity contribution >= 4 is 5.97 Å². The number of carbonyl (C=O) groups excluding carboxylic acids is 1. The number of carbonyl (C=O) groups is 1. The lowest BCUT2D eigenvalue weighted by molar-refractivity contribution is -0.142. The summed E-state index contributed by atoms with van der Waals surface area (Å²) in [6.07, 6.45) is 4.42. The molecule has 1 aliphatic heterocycles. The predicted molar refractivity (Wildman–Crippen MR) is 85.1 cm³/mol. The van der Waals surface area contributed by atoms with Crippen LogP contribution < -0.4 is 5.32 Å². The Morgan fingerprint density at radius 3 is 2.52 bits per heavy atom. The molecule has 0 amide bonds. The van der Waals surface area contributed by atoms with E-state index in [1.54, 1.807) is 0 Å². The van der Waals surface area contributed by atoms with E-state index < -0.39 is 0 Å². The minimum atomic E-state index is -0.0668. The molecule has 1 saturated heterocycles. The first-order chi connectivity index (χ1) is 9.85. The third kappa shape index (κ3) is 6.35. The SMILES string of the molecule is COC(=O)CC1CC(NCC(C)(C)C)CN(CC2CC2)C1. The Kier molecular flexibility index (Phi) is 5.67. The van der Waals surface area contributed by atoms with Gasteiger partial charge in [-0.1, -0.05) is 20.8 Å². The van der Waals surface area contributed by atoms with Crippen molar-refractivity contribution in [2.75, 3.05) is 33.3 Å². The van der Waals surface area contributed by atoms with Crippen molar-refractivity contribution in [3.8, 4) is 0 Å². The number of likely N-dealkylation sites (tertiary alicyclic amines) is 1. The van der Waals surface area contributed by atoms with E-state index in [-0.39, 0.29) is 5.97 Å². The predicted octanol–water partition coefficient (Wildman–Crippen LogP) is 2.29. The lowest BCUT2D eigenvalue weighted by Crippen LogP contribution is -2.51. The average Bonchev–Trinajstić information content (AvgIpc) is 3.19. The number of nitrogens with zero attached hydrogens (tertiary/aromatic N) is 1. The zero-order valence-corrected chi connectivity index (χ0v) is 14.2. The van der Waals surface area contributed by atoms with Gasteiger partial charge in [0.25, 0.3) is 0 Å². The fraction of sp³-hybridized carbons (Fsp3) is 0.941. The van der Waals surface area contributed by atoms with Crippen molar-refractivity contribution in [2.24, 2.45) is 17.3 Å². The van der Waals surface area contributed by atoms with Crippen molar-refractivity contribution < 1.29 is 9.53 Å². The van der Waals surface area contributed by atoms with Gasteiger partial charge in [-0.3, -0.25) is 4.79 Å². The Balaban J connectivity index is 1.87. The number of hydrogen-bond donors (Lipinski definition) is 1. The number of hydrogen-bond acceptors (Lipinski definition) is 4. The number of piperidine rings is 1. The molecule has 0 aromatic rings. The summed E-state index contributed by atoms with van der Waals surface area (Å²) in [4.78, 5) is 14.1. The van der Waals surface area contributed by atoms with Gasteiger partial charge in [0.05, 0.1) is 7.11 Å².